The molecule has 2 aliphatic heterocycles. The van der Waals surface area contributed by atoms with Crippen molar-refractivity contribution >= 4 is 47.0 Å². The van der Waals surface area contributed by atoms with E-state index >= 15 is 0 Å². The molecule has 0 aliphatic carbocycles. The molecule has 0 saturated carbocycles. The number of benzene rings is 4. The fraction of sp³-hybridized carbons (Fsp3) is 0. The molecule has 0 spiro atoms. The molecule has 2 aliphatic rings. The summed E-state index contributed by atoms with van der Waals surface area (Å²) in [5.74, 6) is 0. The third-order valence-electron chi connectivity index (χ3n) is 5.74. The molecule has 0 N–H and O–H groups in total. The predicted octanol–water partition coefficient (Wildman–Crippen LogP) is 9.04. The van der Waals surface area contributed by atoms with Crippen LogP contribution in [0.3, 0.4) is 0 Å². The summed E-state index contributed by atoms with van der Waals surface area (Å²) in [5.41, 5.74) is 4.23. The van der Waals surface area contributed by atoms with E-state index in [9.17, 15) is 0 Å². The molecule has 2 nitrogen and oxygen atoms in total. The van der Waals surface area contributed by atoms with Crippen molar-refractivity contribution in [2.75, 3.05) is 0 Å². The van der Waals surface area contributed by atoms with Crippen molar-refractivity contribution in [2.24, 2.45) is 0 Å². The van der Waals surface area contributed by atoms with Crippen LogP contribution in [-0.2, 0) is 0 Å². The van der Waals surface area contributed by atoms with E-state index in [1.165, 1.54) is 39.2 Å². The van der Waals surface area contributed by atoms with Gasteiger partial charge in [-0.1, -0.05) is 95.6 Å². The molecule has 3 heterocycles. The molecule has 34 heavy (non-hydrogen) atoms. The summed E-state index contributed by atoms with van der Waals surface area (Å²) >= 11 is 7.33. The van der Waals surface area contributed by atoms with Gasteiger partial charge < -0.3 is 0 Å². The van der Waals surface area contributed by atoms with E-state index < -0.39 is 0 Å². The van der Waals surface area contributed by atoms with E-state index in [4.69, 9.17) is 9.97 Å². The van der Waals surface area contributed by atoms with Gasteiger partial charge in [-0.15, -0.1) is 0 Å². The fourth-order valence-electron chi connectivity index (χ4n) is 4.15. The molecule has 0 atom stereocenters. The Balaban J connectivity index is 1.31. The van der Waals surface area contributed by atoms with Gasteiger partial charge in [0.1, 0.15) is 6.33 Å². The standard InChI is InChI=1S/C28H16N2S4/c1-3-11-23-21(9-1)31-25-13-5-7-17(27(25)33-23)19-15-20(30-16-29-19)18-8-6-14-26-28(18)34-24-12-4-2-10-22(24)32-26/h1-16H. The maximum Gasteiger partial charge on any atom is 0.116 e. The average Bonchev–Trinajstić information content (AvgIpc) is 2.90. The molecule has 0 amide bonds. The first-order chi connectivity index (χ1) is 16.8. The Morgan fingerprint density at radius 2 is 0.824 bits per heavy atom. The number of aromatic nitrogens is 2. The van der Waals surface area contributed by atoms with Crippen molar-refractivity contribution in [1.29, 1.82) is 0 Å². The van der Waals surface area contributed by atoms with Crippen molar-refractivity contribution in [3.05, 3.63) is 97.3 Å². The second-order valence-corrected chi connectivity index (χ2v) is 12.1. The maximum absolute atomic E-state index is 4.70. The summed E-state index contributed by atoms with van der Waals surface area (Å²) in [5, 5.41) is 0. The highest BCUT2D eigenvalue weighted by atomic mass is 32.2. The van der Waals surface area contributed by atoms with Crippen LogP contribution in [0, 0.1) is 0 Å². The Labute approximate surface area is 215 Å². The number of hydrogen-bond donors (Lipinski definition) is 0. The molecule has 0 unspecified atom stereocenters. The van der Waals surface area contributed by atoms with Crippen LogP contribution in [0.5, 0.6) is 0 Å². The average molecular weight is 509 g/mol. The summed E-state index contributed by atoms with van der Waals surface area (Å²) in [6.45, 7) is 0. The molecule has 7 rings (SSSR count). The van der Waals surface area contributed by atoms with Gasteiger partial charge in [0, 0.05) is 50.3 Å². The molecule has 1 aromatic heterocycles. The lowest BCUT2D eigenvalue weighted by Gasteiger charge is -2.21. The fourth-order valence-corrected chi connectivity index (χ4v) is 8.93. The highest BCUT2D eigenvalue weighted by Gasteiger charge is 2.23. The number of rotatable bonds is 2. The molecule has 6 heteroatoms. The van der Waals surface area contributed by atoms with Gasteiger partial charge in [0.2, 0.25) is 0 Å². The van der Waals surface area contributed by atoms with Gasteiger partial charge in [0.25, 0.3) is 0 Å². The topological polar surface area (TPSA) is 25.8 Å². The summed E-state index contributed by atoms with van der Waals surface area (Å²) in [4.78, 5) is 19.7. The Hall–Kier alpha value is -2.64. The van der Waals surface area contributed by atoms with Crippen molar-refractivity contribution < 1.29 is 0 Å². The first-order valence-electron chi connectivity index (χ1n) is 10.8. The Morgan fingerprint density at radius 3 is 1.29 bits per heavy atom. The van der Waals surface area contributed by atoms with Crippen LogP contribution < -0.4 is 0 Å². The smallest absolute Gasteiger partial charge is 0.116 e. The summed E-state index contributed by atoms with van der Waals surface area (Å²) in [7, 11) is 0. The van der Waals surface area contributed by atoms with E-state index in [0.717, 1.165) is 22.5 Å². The van der Waals surface area contributed by atoms with E-state index in [1.807, 2.05) is 47.0 Å². The number of fused-ring (bicyclic) bond motifs is 4. The summed E-state index contributed by atoms with van der Waals surface area (Å²) in [6.07, 6.45) is 1.70. The molecule has 162 valence electrons. The zero-order valence-electron chi connectivity index (χ0n) is 17.8. The van der Waals surface area contributed by atoms with Crippen LogP contribution in [0.25, 0.3) is 22.5 Å². The van der Waals surface area contributed by atoms with Crippen LogP contribution in [0.15, 0.2) is 136 Å². The SMILES string of the molecule is c1ccc2c(c1)Sc1cccc(-c3cc(-c4cccc5c4Sc4ccccc4S5)ncn3)c1S2. The zero-order chi connectivity index (χ0) is 22.5. The molecular formula is C28H16N2S4. The van der Waals surface area contributed by atoms with Crippen LogP contribution in [0.1, 0.15) is 0 Å². The summed E-state index contributed by atoms with van der Waals surface area (Å²) in [6, 6.07) is 32.4. The van der Waals surface area contributed by atoms with Crippen LogP contribution in [-0.4, -0.2) is 9.97 Å². The molecule has 0 fully saturated rings. The van der Waals surface area contributed by atoms with Crippen LogP contribution in [0.4, 0.5) is 0 Å². The summed E-state index contributed by atoms with van der Waals surface area (Å²) < 4.78 is 0. The number of hydrogen-bond acceptors (Lipinski definition) is 6. The molecule has 0 saturated heterocycles. The van der Waals surface area contributed by atoms with Crippen molar-refractivity contribution in [3.63, 3.8) is 0 Å². The quantitative estimate of drug-likeness (QED) is 0.231. The maximum atomic E-state index is 4.70. The zero-order valence-corrected chi connectivity index (χ0v) is 21.0. The molecular weight excluding hydrogens is 493 g/mol. The monoisotopic (exact) mass is 508 g/mol. The lowest BCUT2D eigenvalue weighted by atomic mass is 10.1. The second-order valence-electron chi connectivity index (χ2n) is 7.86. The lowest BCUT2D eigenvalue weighted by molar-refractivity contribution is 1.11. The third kappa shape index (κ3) is 3.57. The first kappa shape index (κ1) is 20.7. The van der Waals surface area contributed by atoms with Crippen molar-refractivity contribution in [2.45, 2.75) is 39.2 Å². The van der Waals surface area contributed by atoms with E-state index in [2.05, 4.69) is 91.0 Å². The first-order valence-corrected chi connectivity index (χ1v) is 14.1. The Morgan fingerprint density at radius 1 is 0.412 bits per heavy atom. The van der Waals surface area contributed by atoms with Crippen LogP contribution in [0.2, 0.25) is 0 Å². The van der Waals surface area contributed by atoms with E-state index in [0.29, 0.717) is 0 Å². The van der Waals surface area contributed by atoms with Crippen LogP contribution >= 0.6 is 47.0 Å². The van der Waals surface area contributed by atoms with E-state index in [1.54, 1.807) is 6.33 Å². The predicted molar refractivity (Wildman–Crippen MR) is 142 cm³/mol. The highest BCUT2D eigenvalue weighted by Crippen LogP contribution is 2.53. The molecule has 5 aromatic rings. The van der Waals surface area contributed by atoms with Crippen molar-refractivity contribution in [3.8, 4) is 22.5 Å². The van der Waals surface area contributed by atoms with Gasteiger partial charge in [-0.2, -0.15) is 0 Å². The highest BCUT2D eigenvalue weighted by molar-refractivity contribution is 8.05. The van der Waals surface area contributed by atoms with Gasteiger partial charge in [-0.25, -0.2) is 9.97 Å². The van der Waals surface area contributed by atoms with Gasteiger partial charge in [-0.3, -0.25) is 0 Å². The van der Waals surface area contributed by atoms with Crippen molar-refractivity contribution in [1.82, 2.24) is 9.97 Å². The minimum Gasteiger partial charge on any atom is -0.236 e. The van der Waals surface area contributed by atoms with Gasteiger partial charge in [-0.05, 0) is 42.5 Å². The molecule has 4 aromatic carbocycles. The van der Waals surface area contributed by atoms with Gasteiger partial charge >= 0.3 is 0 Å². The largest absolute Gasteiger partial charge is 0.236 e. The number of nitrogens with zero attached hydrogens (tertiary/aromatic N) is 2. The minimum atomic E-state index is 0.959. The molecule has 0 bridgehead atoms. The normalized spacial score (nSPS) is 13.4. The minimum absolute atomic E-state index is 0.959. The van der Waals surface area contributed by atoms with E-state index in [-0.39, 0.29) is 0 Å². The van der Waals surface area contributed by atoms with Gasteiger partial charge in [0.15, 0.2) is 0 Å². The Bertz CT molecular complexity index is 1470. The molecule has 0 radical (unpaired) electrons. The lowest BCUT2D eigenvalue weighted by Crippen LogP contribution is -1.97. The van der Waals surface area contributed by atoms with Gasteiger partial charge in [0.05, 0.1) is 11.4 Å². The Kier molecular flexibility index (Phi) is 5.20. The second kappa shape index (κ2) is 8.54. The third-order valence-corrected chi connectivity index (χ3v) is 11.0.